The highest BCUT2D eigenvalue weighted by Gasteiger charge is 2.27. The van der Waals surface area contributed by atoms with Crippen molar-refractivity contribution in [3.05, 3.63) is 22.3 Å². The van der Waals surface area contributed by atoms with Crippen molar-refractivity contribution < 1.29 is 9.35 Å². The summed E-state index contributed by atoms with van der Waals surface area (Å²) in [7, 11) is 5.36. The summed E-state index contributed by atoms with van der Waals surface area (Å²) in [6.45, 7) is 5.52. The zero-order valence-electron chi connectivity index (χ0n) is 17.0. The Morgan fingerprint density at radius 2 is 1.93 bits per heavy atom. The standard InChI is InChI=1S/C19H29ClN4O2S/c1-19(2,3)27(26)21-12-15-14(18(25)23(4)5)11-16(22-17(15)20)24(6)13-9-7-8-10-13/h11-13H,7-10H2,1-6H3. The van der Waals surface area contributed by atoms with Gasteiger partial charge in [-0.15, -0.1) is 0 Å². The molecule has 1 aliphatic carbocycles. The van der Waals surface area contributed by atoms with Crippen LogP contribution in [0.5, 0.6) is 0 Å². The second-order valence-electron chi connectivity index (χ2n) is 8.08. The van der Waals surface area contributed by atoms with Crippen LogP contribution < -0.4 is 4.90 Å². The van der Waals surface area contributed by atoms with E-state index in [0.717, 1.165) is 12.8 Å². The van der Waals surface area contributed by atoms with E-state index in [9.17, 15) is 9.35 Å². The molecule has 8 heteroatoms. The van der Waals surface area contributed by atoms with E-state index in [1.165, 1.54) is 24.0 Å². The van der Waals surface area contributed by atoms with Crippen molar-refractivity contribution in [2.45, 2.75) is 57.2 Å². The molecule has 1 aliphatic rings. The third-order valence-electron chi connectivity index (χ3n) is 4.67. The lowest BCUT2D eigenvalue weighted by Gasteiger charge is -2.26. The van der Waals surface area contributed by atoms with Gasteiger partial charge in [0.2, 0.25) is 0 Å². The summed E-state index contributed by atoms with van der Waals surface area (Å²) in [5, 5.41) is 0.192. The Morgan fingerprint density at radius 1 is 1.33 bits per heavy atom. The van der Waals surface area contributed by atoms with Gasteiger partial charge in [0.15, 0.2) is 0 Å². The second kappa shape index (κ2) is 8.80. The summed E-state index contributed by atoms with van der Waals surface area (Å²) in [5.74, 6) is 0.481. The Bertz CT molecular complexity index is 712. The molecule has 150 valence electrons. The van der Waals surface area contributed by atoms with E-state index in [1.54, 1.807) is 20.2 Å². The van der Waals surface area contributed by atoms with Crippen molar-refractivity contribution in [3.63, 3.8) is 0 Å². The molecule has 1 heterocycles. The first-order valence-corrected chi connectivity index (χ1v) is 10.6. The van der Waals surface area contributed by atoms with E-state index in [4.69, 9.17) is 11.6 Å². The highest BCUT2D eigenvalue weighted by Crippen LogP contribution is 2.29. The van der Waals surface area contributed by atoms with Crippen molar-refractivity contribution in [2.24, 2.45) is 4.40 Å². The Morgan fingerprint density at radius 3 is 2.44 bits per heavy atom. The van der Waals surface area contributed by atoms with E-state index < -0.39 is 16.1 Å². The molecule has 1 saturated carbocycles. The van der Waals surface area contributed by atoms with Gasteiger partial charge in [0.25, 0.3) is 5.91 Å². The third kappa shape index (κ3) is 5.36. The van der Waals surface area contributed by atoms with Gasteiger partial charge in [-0.25, -0.2) is 4.98 Å². The molecule has 1 aromatic heterocycles. The van der Waals surface area contributed by atoms with Crippen LogP contribution in [0, 0.1) is 0 Å². The fraction of sp³-hybridized carbons (Fsp3) is 0.632. The summed E-state index contributed by atoms with van der Waals surface area (Å²) in [6, 6.07) is 2.16. The van der Waals surface area contributed by atoms with Crippen LogP contribution in [0.1, 0.15) is 62.4 Å². The molecule has 1 unspecified atom stereocenters. The fourth-order valence-corrected chi connectivity index (χ4v) is 3.72. The fourth-order valence-electron chi connectivity index (χ4n) is 2.97. The van der Waals surface area contributed by atoms with Crippen molar-refractivity contribution in [1.29, 1.82) is 0 Å². The number of hydrogen-bond donors (Lipinski definition) is 0. The van der Waals surface area contributed by atoms with Crippen LogP contribution in [-0.4, -0.2) is 58.5 Å². The molecule has 1 fully saturated rings. The van der Waals surface area contributed by atoms with Gasteiger partial charge in [0.05, 0.1) is 11.8 Å². The van der Waals surface area contributed by atoms with Gasteiger partial charge in [-0.3, -0.25) is 4.79 Å². The predicted octanol–water partition coefficient (Wildman–Crippen LogP) is 3.70. The highest BCUT2D eigenvalue weighted by molar-refractivity contribution is 7.91. The molecule has 0 radical (unpaired) electrons. The van der Waals surface area contributed by atoms with Gasteiger partial charge in [0.1, 0.15) is 27.1 Å². The lowest BCUT2D eigenvalue weighted by atomic mass is 10.1. The van der Waals surface area contributed by atoms with Gasteiger partial charge in [-0.1, -0.05) is 28.8 Å². The lowest BCUT2D eigenvalue weighted by molar-refractivity contribution is 0.0827. The van der Waals surface area contributed by atoms with E-state index in [1.807, 2.05) is 27.8 Å². The first-order valence-electron chi connectivity index (χ1n) is 9.13. The van der Waals surface area contributed by atoms with Gasteiger partial charge in [-0.2, -0.15) is 0 Å². The predicted molar refractivity (Wildman–Crippen MR) is 113 cm³/mol. The van der Waals surface area contributed by atoms with Crippen molar-refractivity contribution in [1.82, 2.24) is 9.88 Å². The molecule has 1 aromatic rings. The molecule has 1 atom stereocenters. The third-order valence-corrected chi connectivity index (χ3v) is 6.30. The number of rotatable bonds is 5. The quantitative estimate of drug-likeness (QED) is 0.420. The summed E-state index contributed by atoms with van der Waals surface area (Å²) in [6.07, 6.45) is 6.04. The Balaban J connectivity index is 2.46. The van der Waals surface area contributed by atoms with Crippen LogP contribution in [-0.2, 0) is 11.4 Å². The number of hydrogen-bond acceptors (Lipinski definition) is 5. The number of amides is 1. The molecule has 0 bridgehead atoms. The first-order chi connectivity index (χ1) is 12.5. The van der Waals surface area contributed by atoms with Crippen molar-refractivity contribution in [2.75, 3.05) is 26.0 Å². The van der Waals surface area contributed by atoms with Gasteiger partial charge in [-0.05, 0) is 39.7 Å². The Hall–Kier alpha value is -1.31. The second-order valence-corrected chi connectivity index (χ2v) is 10.4. The lowest BCUT2D eigenvalue weighted by Crippen LogP contribution is -2.31. The molecule has 1 amide bonds. The van der Waals surface area contributed by atoms with E-state index in [0.29, 0.717) is 23.0 Å². The van der Waals surface area contributed by atoms with E-state index in [2.05, 4.69) is 14.3 Å². The summed E-state index contributed by atoms with van der Waals surface area (Å²) in [4.78, 5) is 20.8. The molecule has 0 N–H and O–H groups in total. The van der Waals surface area contributed by atoms with E-state index in [-0.39, 0.29) is 11.1 Å². The molecular formula is C19H29ClN4O2S. The number of nitrogens with zero attached hydrogens (tertiary/aromatic N) is 4. The SMILES string of the molecule is CN(C)C(=O)c1cc(N(C)C2CCCC2)nc(Cl)c1C=N[S+]([O-])C(C)(C)C. The Kier molecular flexibility index (Phi) is 7.16. The normalized spacial score (nSPS) is 16.7. The molecule has 2 rings (SSSR count). The summed E-state index contributed by atoms with van der Waals surface area (Å²) in [5.41, 5.74) is 0.811. The average molecular weight is 413 g/mol. The number of carbonyl (C=O) groups is 1. The summed E-state index contributed by atoms with van der Waals surface area (Å²) >= 11 is 4.99. The average Bonchev–Trinajstić information content (AvgIpc) is 3.12. The smallest absolute Gasteiger partial charge is 0.254 e. The topological polar surface area (TPSA) is 71.9 Å². The molecule has 6 nitrogen and oxygen atoms in total. The zero-order valence-corrected chi connectivity index (χ0v) is 18.5. The van der Waals surface area contributed by atoms with Crippen molar-refractivity contribution in [3.8, 4) is 0 Å². The van der Waals surface area contributed by atoms with E-state index >= 15 is 0 Å². The minimum absolute atomic E-state index is 0.191. The molecule has 0 spiro atoms. The van der Waals surface area contributed by atoms with Crippen LogP contribution in [0.3, 0.4) is 0 Å². The number of halogens is 1. The minimum Gasteiger partial charge on any atom is -0.591 e. The molecule has 27 heavy (non-hydrogen) atoms. The number of pyridine rings is 1. The van der Waals surface area contributed by atoms with Crippen LogP contribution >= 0.6 is 11.6 Å². The molecule has 0 aromatic carbocycles. The summed E-state index contributed by atoms with van der Waals surface area (Å²) < 4.78 is 15.9. The maximum absolute atomic E-state index is 12.7. The largest absolute Gasteiger partial charge is 0.591 e. The maximum atomic E-state index is 12.7. The van der Waals surface area contributed by atoms with Gasteiger partial charge in [0, 0.05) is 32.7 Å². The van der Waals surface area contributed by atoms with Gasteiger partial charge < -0.3 is 14.4 Å². The molecule has 0 saturated heterocycles. The number of aromatic nitrogens is 1. The minimum atomic E-state index is -1.45. The van der Waals surface area contributed by atoms with Gasteiger partial charge >= 0.3 is 0 Å². The number of anilines is 1. The number of carbonyl (C=O) groups excluding carboxylic acids is 1. The van der Waals surface area contributed by atoms with Crippen molar-refractivity contribution >= 4 is 40.9 Å². The van der Waals surface area contributed by atoms with Crippen LogP contribution in [0.4, 0.5) is 5.82 Å². The first kappa shape index (κ1) is 22.0. The Labute approximate surface area is 170 Å². The molecule has 0 aliphatic heterocycles. The van der Waals surface area contributed by atoms with Crippen LogP contribution in [0.25, 0.3) is 0 Å². The van der Waals surface area contributed by atoms with Crippen LogP contribution in [0.15, 0.2) is 10.5 Å². The monoisotopic (exact) mass is 412 g/mol. The zero-order chi connectivity index (χ0) is 20.4. The maximum Gasteiger partial charge on any atom is 0.254 e. The molecular weight excluding hydrogens is 384 g/mol. The van der Waals surface area contributed by atoms with Crippen LogP contribution in [0.2, 0.25) is 5.15 Å². The highest BCUT2D eigenvalue weighted by atomic mass is 35.5.